The van der Waals surface area contributed by atoms with Crippen molar-refractivity contribution in [1.29, 1.82) is 0 Å². The molecule has 3 aromatic rings. The number of aromatic amines is 1. The third kappa shape index (κ3) is 4.21. The SMILES string of the molecule is Cl.Cl.NCCc1nc2ccc(Cc3ccccc3)cc2[nH]1. The van der Waals surface area contributed by atoms with E-state index in [1.54, 1.807) is 0 Å². The lowest BCUT2D eigenvalue weighted by Gasteiger charge is -2.01. The van der Waals surface area contributed by atoms with E-state index in [0.717, 1.165) is 29.7 Å². The highest BCUT2D eigenvalue weighted by Crippen LogP contribution is 2.16. The molecule has 0 aliphatic heterocycles. The van der Waals surface area contributed by atoms with Crippen LogP contribution in [0.15, 0.2) is 48.5 Å². The minimum Gasteiger partial charge on any atom is -0.342 e. The van der Waals surface area contributed by atoms with Crippen LogP contribution in [0.25, 0.3) is 11.0 Å². The number of nitrogens with one attached hydrogen (secondary N) is 1. The highest BCUT2D eigenvalue weighted by molar-refractivity contribution is 5.85. The van der Waals surface area contributed by atoms with Crippen LogP contribution in [0.2, 0.25) is 0 Å². The molecule has 0 aliphatic rings. The van der Waals surface area contributed by atoms with Gasteiger partial charge >= 0.3 is 0 Å². The van der Waals surface area contributed by atoms with E-state index in [4.69, 9.17) is 5.73 Å². The Morgan fingerprint density at radius 2 is 1.71 bits per heavy atom. The molecular weight excluding hydrogens is 305 g/mol. The number of benzene rings is 2. The van der Waals surface area contributed by atoms with Gasteiger partial charge in [-0.2, -0.15) is 0 Å². The average molecular weight is 324 g/mol. The molecule has 0 bridgehead atoms. The third-order valence-electron chi connectivity index (χ3n) is 3.23. The number of hydrogen-bond donors (Lipinski definition) is 2. The molecule has 3 rings (SSSR count). The summed E-state index contributed by atoms with van der Waals surface area (Å²) in [6, 6.07) is 16.9. The van der Waals surface area contributed by atoms with Crippen molar-refractivity contribution in [3.8, 4) is 0 Å². The van der Waals surface area contributed by atoms with Crippen LogP contribution in [0, 0.1) is 0 Å². The van der Waals surface area contributed by atoms with Gasteiger partial charge in [-0.3, -0.25) is 0 Å². The molecule has 1 aromatic heterocycles. The van der Waals surface area contributed by atoms with Crippen molar-refractivity contribution in [2.75, 3.05) is 6.54 Å². The highest BCUT2D eigenvalue weighted by Gasteiger charge is 2.03. The first-order valence-corrected chi connectivity index (χ1v) is 6.56. The molecule has 0 fully saturated rings. The Labute approximate surface area is 136 Å². The molecule has 3 N–H and O–H groups in total. The van der Waals surface area contributed by atoms with E-state index in [-0.39, 0.29) is 24.8 Å². The van der Waals surface area contributed by atoms with Gasteiger partial charge in [-0.1, -0.05) is 36.4 Å². The van der Waals surface area contributed by atoms with Crippen LogP contribution in [-0.4, -0.2) is 16.5 Å². The summed E-state index contributed by atoms with van der Waals surface area (Å²) in [5.74, 6) is 0.967. The van der Waals surface area contributed by atoms with Crippen molar-refractivity contribution in [2.24, 2.45) is 5.73 Å². The summed E-state index contributed by atoms with van der Waals surface area (Å²) in [7, 11) is 0. The fraction of sp³-hybridized carbons (Fsp3) is 0.188. The van der Waals surface area contributed by atoms with Gasteiger partial charge in [0.25, 0.3) is 0 Å². The number of H-pyrrole nitrogens is 1. The molecule has 0 unspecified atom stereocenters. The van der Waals surface area contributed by atoms with Crippen LogP contribution >= 0.6 is 24.8 Å². The molecule has 21 heavy (non-hydrogen) atoms. The Morgan fingerprint density at radius 1 is 0.952 bits per heavy atom. The van der Waals surface area contributed by atoms with Crippen LogP contribution < -0.4 is 5.73 Å². The zero-order valence-corrected chi connectivity index (χ0v) is 13.2. The number of rotatable bonds is 4. The van der Waals surface area contributed by atoms with E-state index in [1.165, 1.54) is 11.1 Å². The van der Waals surface area contributed by atoms with E-state index < -0.39 is 0 Å². The van der Waals surface area contributed by atoms with E-state index in [0.29, 0.717) is 6.54 Å². The first-order valence-electron chi connectivity index (χ1n) is 6.56. The van der Waals surface area contributed by atoms with Crippen molar-refractivity contribution < 1.29 is 0 Å². The van der Waals surface area contributed by atoms with Gasteiger partial charge in [-0.15, -0.1) is 24.8 Å². The summed E-state index contributed by atoms with van der Waals surface area (Å²) in [4.78, 5) is 7.85. The maximum absolute atomic E-state index is 5.55. The Hall–Kier alpha value is -1.55. The zero-order chi connectivity index (χ0) is 13.1. The third-order valence-corrected chi connectivity index (χ3v) is 3.23. The van der Waals surface area contributed by atoms with Crippen molar-refractivity contribution in [3.63, 3.8) is 0 Å². The summed E-state index contributed by atoms with van der Waals surface area (Å²) in [5.41, 5.74) is 10.3. The summed E-state index contributed by atoms with van der Waals surface area (Å²) in [5, 5.41) is 0. The fourth-order valence-corrected chi connectivity index (χ4v) is 2.31. The van der Waals surface area contributed by atoms with E-state index >= 15 is 0 Å². The number of nitrogens with zero attached hydrogens (tertiary/aromatic N) is 1. The molecular formula is C16H19Cl2N3. The number of hydrogen-bond acceptors (Lipinski definition) is 2. The van der Waals surface area contributed by atoms with Crippen molar-refractivity contribution in [2.45, 2.75) is 12.8 Å². The normalized spacial score (nSPS) is 9.95. The second-order valence-electron chi connectivity index (χ2n) is 4.74. The summed E-state index contributed by atoms with van der Waals surface area (Å²) in [6.45, 7) is 0.622. The van der Waals surface area contributed by atoms with Crippen LogP contribution in [0.3, 0.4) is 0 Å². The molecule has 0 spiro atoms. The molecule has 0 aliphatic carbocycles. The monoisotopic (exact) mass is 323 g/mol. The van der Waals surface area contributed by atoms with Crippen molar-refractivity contribution in [1.82, 2.24) is 9.97 Å². The minimum atomic E-state index is 0. The first-order chi connectivity index (χ1) is 9.35. The number of nitrogens with two attached hydrogens (primary N) is 1. The lowest BCUT2D eigenvalue weighted by atomic mass is 10.0. The molecule has 0 atom stereocenters. The highest BCUT2D eigenvalue weighted by atomic mass is 35.5. The fourth-order valence-electron chi connectivity index (χ4n) is 2.31. The van der Waals surface area contributed by atoms with Gasteiger partial charge in [0.2, 0.25) is 0 Å². The summed E-state index contributed by atoms with van der Waals surface area (Å²) >= 11 is 0. The van der Waals surface area contributed by atoms with Gasteiger partial charge in [0.1, 0.15) is 5.82 Å². The molecule has 2 aromatic carbocycles. The lowest BCUT2D eigenvalue weighted by Crippen LogP contribution is -2.03. The Bertz CT molecular complexity index is 680. The topological polar surface area (TPSA) is 54.7 Å². The molecule has 0 saturated carbocycles. The van der Waals surface area contributed by atoms with Gasteiger partial charge in [0.15, 0.2) is 0 Å². The van der Waals surface area contributed by atoms with Gasteiger partial charge in [0.05, 0.1) is 11.0 Å². The largest absolute Gasteiger partial charge is 0.342 e. The molecule has 5 heteroatoms. The molecule has 1 heterocycles. The molecule has 112 valence electrons. The quantitative estimate of drug-likeness (QED) is 0.772. The first kappa shape index (κ1) is 17.5. The minimum absolute atomic E-state index is 0. The second-order valence-corrected chi connectivity index (χ2v) is 4.74. The van der Waals surface area contributed by atoms with Crippen molar-refractivity contribution in [3.05, 3.63) is 65.5 Å². The number of aromatic nitrogens is 2. The molecule has 0 amide bonds. The molecule has 3 nitrogen and oxygen atoms in total. The van der Waals surface area contributed by atoms with Crippen LogP contribution in [-0.2, 0) is 12.8 Å². The molecule has 0 radical (unpaired) electrons. The van der Waals surface area contributed by atoms with E-state index in [1.807, 2.05) is 6.07 Å². The zero-order valence-electron chi connectivity index (χ0n) is 11.6. The maximum Gasteiger partial charge on any atom is 0.108 e. The smallest absolute Gasteiger partial charge is 0.108 e. The van der Waals surface area contributed by atoms with Gasteiger partial charge < -0.3 is 10.7 Å². The van der Waals surface area contributed by atoms with Crippen molar-refractivity contribution >= 4 is 35.8 Å². The summed E-state index contributed by atoms with van der Waals surface area (Å²) in [6.07, 6.45) is 1.74. The standard InChI is InChI=1S/C16H17N3.2ClH/c17-9-8-16-18-14-7-6-13(11-15(14)19-16)10-12-4-2-1-3-5-12;;/h1-7,11H,8-10,17H2,(H,18,19);2*1H. The van der Waals surface area contributed by atoms with Crippen LogP contribution in [0.1, 0.15) is 17.0 Å². The predicted octanol–water partition coefficient (Wildman–Crippen LogP) is 3.50. The van der Waals surface area contributed by atoms with Crippen LogP contribution in [0.5, 0.6) is 0 Å². The Balaban J connectivity index is 0.00000110. The van der Waals surface area contributed by atoms with Gasteiger partial charge in [-0.05, 0) is 36.2 Å². The van der Waals surface area contributed by atoms with E-state index in [9.17, 15) is 0 Å². The second kappa shape index (κ2) is 8.03. The number of imidazole rings is 1. The average Bonchev–Trinajstić information content (AvgIpc) is 2.82. The Kier molecular flexibility index (Phi) is 6.69. The van der Waals surface area contributed by atoms with Gasteiger partial charge in [0, 0.05) is 6.42 Å². The predicted molar refractivity (Wildman–Crippen MR) is 92.6 cm³/mol. The van der Waals surface area contributed by atoms with Gasteiger partial charge in [-0.25, -0.2) is 4.98 Å². The van der Waals surface area contributed by atoms with E-state index in [2.05, 4.69) is 52.4 Å². The number of fused-ring (bicyclic) bond motifs is 1. The number of halogens is 2. The summed E-state index contributed by atoms with van der Waals surface area (Å²) < 4.78 is 0. The lowest BCUT2D eigenvalue weighted by molar-refractivity contribution is 0.900. The maximum atomic E-state index is 5.55. The molecule has 0 saturated heterocycles. The van der Waals surface area contributed by atoms with Crippen LogP contribution in [0.4, 0.5) is 0 Å². The Morgan fingerprint density at radius 3 is 2.43 bits per heavy atom.